The van der Waals surface area contributed by atoms with Gasteiger partial charge in [-0.2, -0.15) is 0 Å². The summed E-state index contributed by atoms with van der Waals surface area (Å²) in [5, 5.41) is 0.689. The molecule has 0 spiro atoms. The molecule has 3 aromatic carbocycles. The van der Waals surface area contributed by atoms with E-state index in [4.69, 9.17) is 21.1 Å². The molecule has 0 radical (unpaired) electrons. The summed E-state index contributed by atoms with van der Waals surface area (Å²) in [7, 11) is 0. The lowest BCUT2D eigenvalue weighted by atomic mass is 10.2. The second-order valence-electron chi connectivity index (χ2n) is 5.56. The Bertz CT molecular complexity index is 887. The second kappa shape index (κ2) is 8.88. The van der Waals surface area contributed by atoms with E-state index in [-0.39, 0.29) is 0 Å². The average Bonchev–Trinajstić information content (AvgIpc) is 2.66. The number of esters is 1. The Morgan fingerprint density at radius 2 is 1.65 bits per heavy atom. The summed E-state index contributed by atoms with van der Waals surface area (Å²) in [5.41, 5.74) is 1.88. The van der Waals surface area contributed by atoms with Gasteiger partial charge in [-0.3, -0.25) is 0 Å². The molecule has 3 aromatic rings. The van der Waals surface area contributed by atoms with Crippen LogP contribution >= 0.6 is 11.6 Å². The van der Waals surface area contributed by atoms with Gasteiger partial charge in [-0.25, -0.2) is 4.79 Å². The summed E-state index contributed by atoms with van der Waals surface area (Å²) in [6.45, 7) is 0.444. The van der Waals surface area contributed by atoms with E-state index in [0.29, 0.717) is 17.4 Å². The van der Waals surface area contributed by atoms with Crippen LogP contribution in [0.5, 0.6) is 11.5 Å². The van der Waals surface area contributed by atoms with Gasteiger partial charge >= 0.3 is 5.97 Å². The second-order valence-corrected chi connectivity index (χ2v) is 5.99. The number of rotatable bonds is 6. The first kappa shape index (κ1) is 17.8. The highest BCUT2D eigenvalue weighted by Crippen LogP contribution is 2.17. The summed E-state index contributed by atoms with van der Waals surface area (Å²) in [6, 6.07) is 24.0. The van der Waals surface area contributed by atoms with Gasteiger partial charge < -0.3 is 9.47 Å². The maximum atomic E-state index is 11.8. The molecule has 0 bridgehead atoms. The Morgan fingerprint density at radius 3 is 2.38 bits per heavy atom. The molecule has 0 amide bonds. The van der Waals surface area contributed by atoms with Gasteiger partial charge in [-0.1, -0.05) is 54.1 Å². The highest BCUT2D eigenvalue weighted by molar-refractivity contribution is 6.30. The zero-order valence-corrected chi connectivity index (χ0v) is 14.7. The number of halogens is 1. The van der Waals surface area contributed by atoms with Crippen molar-refractivity contribution in [3.05, 3.63) is 101 Å². The average molecular weight is 365 g/mol. The Kier molecular flexibility index (Phi) is 6.07. The lowest BCUT2D eigenvalue weighted by Gasteiger charge is -2.07. The molecular weight excluding hydrogens is 348 g/mol. The third-order valence-corrected chi connectivity index (χ3v) is 3.78. The lowest BCUT2D eigenvalue weighted by Crippen LogP contribution is -2.03. The fourth-order valence-electron chi connectivity index (χ4n) is 2.27. The molecule has 0 N–H and O–H groups in total. The van der Waals surface area contributed by atoms with E-state index in [1.165, 1.54) is 6.08 Å². The smallest absolute Gasteiger partial charge is 0.336 e. The van der Waals surface area contributed by atoms with Crippen molar-refractivity contribution in [2.75, 3.05) is 0 Å². The first-order valence-electron chi connectivity index (χ1n) is 8.11. The fraction of sp³-hybridized carbons (Fsp3) is 0.0455. The van der Waals surface area contributed by atoms with Gasteiger partial charge in [0.15, 0.2) is 0 Å². The quantitative estimate of drug-likeness (QED) is 0.327. The molecule has 3 rings (SSSR count). The van der Waals surface area contributed by atoms with Crippen molar-refractivity contribution < 1.29 is 14.3 Å². The van der Waals surface area contributed by atoms with Crippen molar-refractivity contribution in [3.8, 4) is 11.5 Å². The molecule has 0 aliphatic rings. The minimum Gasteiger partial charge on any atom is -0.489 e. The first-order valence-corrected chi connectivity index (χ1v) is 8.49. The predicted octanol–water partition coefficient (Wildman–Crippen LogP) is 5.54. The Labute approximate surface area is 157 Å². The number of hydrogen-bond acceptors (Lipinski definition) is 3. The fourth-order valence-corrected chi connectivity index (χ4v) is 2.48. The van der Waals surface area contributed by atoms with Crippen LogP contribution in [0, 0.1) is 0 Å². The maximum Gasteiger partial charge on any atom is 0.336 e. The van der Waals surface area contributed by atoms with Gasteiger partial charge in [-0.15, -0.1) is 0 Å². The zero-order valence-electron chi connectivity index (χ0n) is 14.0. The zero-order chi connectivity index (χ0) is 18.2. The van der Waals surface area contributed by atoms with Crippen molar-refractivity contribution in [3.63, 3.8) is 0 Å². The first-order chi connectivity index (χ1) is 12.7. The molecule has 3 nitrogen and oxygen atoms in total. The highest BCUT2D eigenvalue weighted by atomic mass is 35.5. The molecule has 0 aliphatic heterocycles. The molecule has 0 aromatic heterocycles. The summed E-state index contributed by atoms with van der Waals surface area (Å²) >= 11 is 5.96. The van der Waals surface area contributed by atoms with Crippen LogP contribution in [0.3, 0.4) is 0 Å². The van der Waals surface area contributed by atoms with Gasteiger partial charge in [-0.05, 0) is 53.6 Å². The number of benzene rings is 3. The molecule has 130 valence electrons. The van der Waals surface area contributed by atoms with Gasteiger partial charge in [0, 0.05) is 11.1 Å². The SMILES string of the molecule is O=C(/C=C/c1ccc(OCc2cccc(Cl)c2)cc1)Oc1ccccc1. The third kappa shape index (κ3) is 5.50. The monoisotopic (exact) mass is 364 g/mol. The Balaban J connectivity index is 1.53. The molecule has 0 aliphatic carbocycles. The van der Waals surface area contributed by atoms with Crippen molar-refractivity contribution in [1.29, 1.82) is 0 Å². The van der Waals surface area contributed by atoms with Crippen molar-refractivity contribution in [2.24, 2.45) is 0 Å². The molecule has 4 heteroatoms. The van der Waals surface area contributed by atoms with Crippen LogP contribution in [0.4, 0.5) is 0 Å². The van der Waals surface area contributed by atoms with E-state index < -0.39 is 5.97 Å². The largest absolute Gasteiger partial charge is 0.489 e. The van der Waals surface area contributed by atoms with Crippen molar-refractivity contribution in [2.45, 2.75) is 6.61 Å². The standard InChI is InChI=1S/C22H17ClO3/c23-19-6-4-5-18(15-19)16-25-20-12-9-17(10-13-20)11-14-22(24)26-21-7-2-1-3-8-21/h1-15H,16H2/b14-11+. The van der Waals surface area contributed by atoms with Crippen LogP contribution in [-0.4, -0.2) is 5.97 Å². The highest BCUT2D eigenvalue weighted by Gasteiger charge is 2.00. The van der Waals surface area contributed by atoms with Gasteiger partial charge in [0.05, 0.1) is 0 Å². The molecule has 0 atom stereocenters. The number of hydrogen-bond donors (Lipinski definition) is 0. The number of ether oxygens (including phenoxy) is 2. The van der Waals surface area contributed by atoms with E-state index in [1.807, 2.05) is 66.7 Å². The Hall–Kier alpha value is -3.04. The maximum absolute atomic E-state index is 11.8. The van der Waals surface area contributed by atoms with Crippen molar-refractivity contribution in [1.82, 2.24) is 0 Å². The number of carbonyl (C=O) groups excluding carboxylic acids is 1. The molecule has 0 fully saturated rings. The van der Waals surface area contributed by atoms with E-state index in [1.54, 1.807) is 18.2 Å². The molecule has 0 unspecified atom stereocenters. The van der Waals surface area contributed by atoms with E-state index in [2.05, 4.69) is 0 Å². The number of carbonyl (C=O) groups is 1. The molecular formula is C22H17ClO3. The van der Waals surface area contributed by atoms with E-state index in [9.17, 15) is 4.79 Å². The van der Waals surface area contributed by atoms with E-state index in [0.717, 1.165) is 16.9 Å². The van der Waals surface area contributed by atoms with E-state index >= 15 is 0 Å². The summed E-state index contributed by atoms with van der Waals surface area (Å²) < 4.78 is 10.9. The topological polar surface area (TPSA) is 35.5 Å². The summed E-state index contributed by atoms with van der Waals surface area (Å²) in [4.78, 5) is 11.8. The third-order valence-electron chi connectivity index (χ3n) is 3.55. The summed E-state index contributed by atoms with van der Waals surface area (Å²) in [5.74, 6) is 0.846. The molecule has 0 saturated heterocycles. The van der Waals surface area contributed by atoms with Crippen molar-refractivity contribution >= 4 is 23.6 Å². The minimum absolute atomic E-state index is 0.419. The van der Waals surface area contributed by atoms with Crippen LogP contribution in [0.15, 0.2) is 84.9 Å². The minimum atomic E-state index is -0.419. The van der Waals surface area contributed by atoms with Gasteiger partial charge in [0.25, 0.3) is 0 Å². The van der Waals surface area contributed by atoms with Gasteiger partial charge in [0.1, 0.15) is 18.1 Å². The molecule has 0 saturated carbocycles. The Morgan fingerprint density at radius 1 is 0.885 bits per heavy atom. The van der Waals surface area contributed by atoms with Crippen LogP contribution in [0.2, 0.25) is 5.02 Å². The van der Waals surface area contributed by atoms with Crippen LogP contribution in [0.25, 0.3) is 6.08 Å². The van der Waals surface area contributed by atoms with Crippen LogP contribution in [-0.2, 0) is 11.4 Å². The number of para-hydroxylation sites is 1. The van der Waals surface area contributed by atoms with Crippen LogP contribution < -0.4 is 9.47 Å². The summed E-state index contributed by atoms with van der Waals surface area (Å²) in [6.07, 6.45) is 3.10. The predicted molar refractivity (Wildman–Crippen MR) is 103 cm³/mol. The lowest BCUT2D eigenvalue weighted by molar-refractivity contribution is -0.128. The van der Waals surface area contributed by atoms with Gasteiger partial charge in [0.2, 0.25) is 0 Å². The van der Waals surface area contributed by atoms with Crippen LogP contribution in [0.1, 0.15) is 11.1 Å². The molecule has 0 heterocycles. The normalized spacial score (nSPS) is 10.7. The molecule has 26 heavy (non-hydrogen) atoms.